The van der Waals surface area contributed by atoms with Crippen LogP contribution in [0.4, 0.5) is 0 Å². The molecular formula is C15H19NOS. The molecule has 2 rings (SSSR count). The molecule has 0 aliphatic heterocycles. The van der Waals surface area contributed by atoms with Gasteiger partial charge < -0.3 is 10.1 Å². The molecule has 0 bridgehead atoms. The van der Waals surface area contributed by atoms with Crippen LogP contribution >= 0.6 is 11.3 Å². The van der Waals surface area contributed by atoms with E-state index in [9.17, 15) is 0 Å². The summed E-state index contributed by atoms with van der Waals surface area (Å²) in [5.41, 5.74) is 1.33. The fourth-order valence-corrected chi connectivity index (χ4v) is 2.62. The Morgan fingerprint density at radius 2 is 2.00 bits per heavy atom. The Balaban J connectivity index is 1.77. The molecule has 0 saturated carbocycles. The average molecular weight is 261 g/mol. The molecule has 1 N–H and O–H groups in total. The molecule has 0 amide bonds. The Kier molecular flexibility index (Phi) is 4.79. The molecular weight excluding hydrogens is 242 g/mol. The first-order valence-electron chi connectivity index (χ1n) is 6.19. The minimum absolute atomic E-state index is 0.434. The van der Waals surface area contributed by atoms with Gasteiger partial charge in [-0.25, -0.2) is 0 Å². The third kappa shape index (κ3) is 3.59. The van der Waals surface area contributed by atoms with Crippen LogP contribution in [-0.4, -0.2) is 13.7 Å². The molecule has 0 aliphatic rings. The van der Waals surface area contributed by atoms with Crippen molar-refractivity contribution in [1.82, 2.24) is 5.32 Å². The molecule has 1 unspecified atom stereocenters. The highest BCUT2D eigenvalue weighted by Gasteiger charge is 2.04. The van der Waals surface area contributed by atoms with Crippen molar-refractivity contribution in [3.05, 3.63) is 52.2 Å². The van der Waals surface area contributed by atoms with E-state index in [4.69, 9.17) is 4.74 Å². The van der Waals surface area contributed by atoms with Crippen LogP contribution in [0.15, 0.2) is 41.8 Å². The molecule has 96 valence electrons. The molecule has 1 heterocycles. The third-order valence-corrected chi connectivity index (χ3v) is 4.05. The number of rotatable bonds is 6. The van der Waals surface area contributed by atoms with Gasteiger partial charge in [0.25, 0.3) is 0 Å². The van der Waals surface area contributed by atoms with Crippen LogP contribution in [0.5, 0.6) is 5.75 Å². The highest BCUT2D eigenvalue weighted by atomic mass is 32.1. The van der Waals surface area contributed by atoms with E-state index in [2.05, 4.69) is 41.9 Å². The highest BCUT2D eigenvalue weighted by Crippen LogP contribution is 2.18. The lowest BCUT2D eigenvalue weighted by atomic mass is 10.1. The first kappa shape index (κ1) is 13.1. The number of hydrogen-bond donors (Lipinski definition) is 1. The lowest BCUT2D eigenvalue weighted by Gasteiger charge is -2.12. The summed E-state index contributed by atoms with van der Waals surface area (Å²) in [5, 5.41) is 5.66. The lowest BCUT2D eigenvalue weighted by molar-refractivity contribution is 0.414. The van der Waals surface area contributed by atoms with Gasteiger partial charge in [0.05, 0.1) is 7.11 Å². The van der Waals surface area contributed by atoms with Gasteiger partial charge in [-0.2, -0.15) is 0 Å². The van der Waals surface area contributed by atoms with E-state index in [1.807, 2.05) is 12.1 Å². The summed E-state index contributed by atoms with van der Waals surface area (Å²) < 4.78 is 5.15. The zero-order chi connectivity index (χ0) is 12.8. The molecule has 1 atom stereocenters. The molecule has 0 fully saturated rings. The maximum absolute atomic E-state index is 5.15. The second-order valence-electron chi connectivity index (χ2n) is 4.29. The number of thiophene rings is 1. The normalized spacial score (nSPS) is 12.3. The largest absolute Gasteiger partial charge is 0.497 e. The van der Waals surface area contributed by atoms with Crippen LogP contribution < -0.4 is 10.1 Å². The van der Waals surface area contributed by atoms with Crippen LogP contribution in [-0.2, 0) is 6.42 Å². The molecule has 3 heteroatoms. The number of methoxy groups -OCH3 is 1. The predicted octanol–water partition coefficient (Wildman–Crippen LogP) is 3.65. The second-order valence-corrected chi connectivity index (χ2v) is 5.27. The number of benzene rings is 1. The van der Waals surface area contributed by atoms with E-state index < -0.39 is 0 Å². The summed E-state index contributed by atoms with van der Waals surface area (Å²) in [4.78, 5) is 1.39. The second kappa shape index (κ2) is 6.57. The number of nitrogens with one attached hydrogen (secondary N) is 1. The maximum Gasteiger partial charge on any atom is 0.118 e. The molecule has 2 aromatic rings. The van der Waals surface area contributed by atoms with Crippen molar-refractivity contribution in [1.29, 1.82) is 0 Å². The minimum Gasteiger partial charge on any atom is -0.497 e. The number of ether oxygens (including phenoxy) is 1. The molecule has 0 radical (unpaired) electrons. The van der Waals surface area contributed by atoms with Gasteiger partial charge in [0.2, 0.25) is 0 Å². The van der Waals surface area contributed by atoms with Gasteiger partial charge in [-0.05, 0) is 49.0 Å². The molecule has 1 aromatic heterocycles. The smallest absolute Gasteiger partial charge is 0.118 e. The van der Waals surface area contributed by atoms with Gasteiger partial charge in [0, 0.05) is 10.9 Å². The van der Waals surface area contributed by atoms with Crippen LogP contribution in [0.25, 0.3) is 0 Å². The summed E-state index contributed by atoms with van der Waals surface area (Å²) in [6.07, 6.45) is 1.04. The van der Waals surface area contributed by atoms with Gasteiger partial charge in [-0.3, -0.25) is 0 Å². The Bertz CT molecular complexity index is 450. The minimum atomic E-state index is 0.434. The number of hydrogen-bond acceptors (Lipinski definition) is 3. The van der Waals surface area contributed by atoms with Crippen molar-refractivity contribution < 1.29 is 4.74 Å². The zero-order valence-electron chi connectivity index (χ0n) is 10.8. The standard InChI is InChI=1S/C15H19NOS/c1-12(15-4-3-11-18-15)16-10-9-13-5-7-14(17-2)8-6-13/h3-8,11-12,16H,9-10H2,1-2H3. The Labute approximate surface area is 113 Å². The van der Waals surface area contributed by atoms with Crippen LogP contribution in [0.2, 0.25) is 0 Å². The van der Waals surface area contributed by atoms with Crippen LogP contribution in [0.3, 0.4) is 0 Å². The van der Waals surface area contributed by atoms with Crippen molar-refractivity contribution >= 4 is 11.3 Å². The van der Waals surface area contributed by atoms with E-state index >= 15 is 0 Å². The Morgan fingerprint density at radius 3 is 2.61 bits per heavy atom. The molecule has 2 nitrogen and oxygen atoms in total. The van der Waals surface area contributed by atoms with Gasteiger partial charge in [0.1, 0.15) is 5.75 Å². The monoisotopic (exact) mass is 261 g/mol. The fraction of sp³-hybridized carbons (Fsp3) is 0.333. The average Bonchev–Trinajstić information content (AvgIpc) is 2.93. The summed E-state index contributed by atoms with van der Waals surface area (Å²) in [7, 11) is 1.69. The Hall–Kier alpha value is -1.32. The van der Waals surface area contributed by atoms with E-state index in [1.165, 1.54) is 10.4 Å². The topological polar surface area (TPSA) is 21.3 Å². The lowest BCUT2D eigenvalue weighted by Crippen LogP contribution is -2.20. The van der Waals surface area contributed by atoms with Crippen LogP contribution in [0, 0.1) is 0 Å². The van der Waals surface area contributed by atoms with Crippen molar-refractivity contribution in [3.63, 3.8) is 0 Å². The van der Waals surface area contributed by atoms with E-state index in [0.717, 1.165) is 18.7 Å². The predicted molar refractivity (Wildman–Crippen MR) is 77.4 cm³/mol. The molecule has 18 heavy (non-hydrogen) atoms. The molecule has 0 aliphatic carbocycles. The molecule has 1 aromatic carbocycles. The third-order valence-electron chi connectivity index (χ3n) is 2.99. The van der Waals surface area contributed by atoms with Crippen molar-refractivity contribution in [3.8, 4) is 5.75 Å². The van der Waals surface area contributed by atoms with Crippen molar-refractivity contribution in [2.45, 2.75) is 19.4 Å². The van der Waals surface area contributed by atoms with Gasteiger partial charge >= 0.3 is 0 Å². The van der Waals surface area contributed by atoms with Crippen molar-refractivity contribution in [2.24, 2.45) is 0 Å². The summed E-state index contributed by atoms with van der Waals surface area (Å²) in [6, 6.07) is 13.0. The quantitative estimate of drug-likeness (QED) is 0.857. The summed E-state index contributed by atoms with van der Waals surface area (Å²) in [5.74, 6) is 0.915. The molecule has 0 spiro atoms. The maximum atomic E-state index is 5.15. The van der Waals surface area contributed by atoms with E-state index in [0.29, 0.717) is 6.04 Å². The van der Waals surface area contributed by atoms with Gasteiger partial charge in [0.15, 0.2) is 0 Å². The van der Waals surface area contributed by atoms with E-state index in [-0.39, 0.29) is 0 Å². The van der Waals surface area contributed by atoms with Gasteiger partial charge in [-0.15, -0.1) is 11.3 Å². The summed E-state index contributed by atoms with van der Waals surface area (Å²) >= 11 is 1.80. The fourth-order valence-electron chi connectivity index (χ4n) is 1.86. The zero-order valence-corrected chi connectivity index (χ0v) is 11.7. The highest BCUT2D eigenvalue weighted by molar-refractivity contribution is 7.10. The summed E-state index contributed by atoms with van der Waals surface area (Å²) in [6.45, 7) is 3.20. The first-order chi connectivity index (χ1) is 8.79. The van der Waals surface area contributed by atoms with Crippen molar-refractivity contribution in [2.75, 3.05) is 13.7 Å². The SMILES string of the molecule is COc1ccc(CCNC(C)c2cccs2)cc1. The first-order valence-corrected chi connectivity index (χ1v) is 7.07. The Morgan fingerprint density at radius 1 is 1.22 bits per heavy atom. The molecule has 0 saturated heterocycles. The van der Waals surface area contributed by atoms with Crippen LogP contribution in [0.1, 0.15) is 23.4 Å². The van der Waals surface area contributed by atoms with Gasteiger partial charge in [-0.1, -0.05) is 18.2 Å². The van der Waals surface area contributed by atoms with E-state index in [1.54, 1.807) is 18.4 Å².